The molecule has 34 heavy (non-hydrogen) atoms. The summed E-state index contributed by atoms with van der Waals surface area (Å²) in [7, 11) is 4.93. The Kier molecular flexibility index (Phi) is 6.89. The third-order valence-corrected chi connectivity index (χ3v) is 4.92. The largest absolute Gasteiger partial charge is 0.409 e. The number of nitrogen functional groups attached to an aromatic ring is 1. The van der Waals surface area contributed by atoms with E-state index in [1.807, 2.05) is 0 Å². The Labute approximate surface area is 194 Å². The van der Waals surface area contributed by atoms with E-state index < -0.39 is 11.8 Å². The lowest BCUT2D eigenvalue weighted by Gasteiger charge is -2.04. The van der Waals surface area contributed by atoms with Gasteiger partial charge in [0, 0.05) is 52.6 Å². The van der Waals surface area contributed by atoms with Crippen molar-refractivity contribution in [3.8, 4) is 0 Å². The first-order valence-corrected chi connectivity index (χ1v) is 10.1. The molecule has 0 aromatic carbocycles. The molecule has 0 unspecified atom stereocenters. The number of hydrogen-bond acceptors (Lipinski definition) is 7. The summed E-state index contributed by atoms with van der Waals surface area (Å²) >= 11 is 0. The second-order valence-electron chi connectivity index (χ2n) is 7.53. The SMILES string of the molecule is Cn1cc(NC(=O)c2cc(NC(=O)c3cc(N)nn3C)cn2C)cc1C(=O)NCCC(N)=NO. The summed E-state index contributed by atoms with van der Waals surface area (Å²) in [5.41, 5.74) is 12.7. The molecule has 3 aromatic rings. The molecule has 0 bridgehead atoms. The van der Waals surface area contributed by atoms with Crippen LogP contribution in [0.1, 0.15) is 37.9 Å². The number of nitrogens with two attached hydrogens (primary N) is 2. The Morgan fingerprint density at radius 2 is 1.47 bits per heavy atom. The summed E-state index contributed by atoms with van der Waals surface area (Å²) in [5, 5.41) is 23.4. The minimum atomic E-state index is -0.433. The summed E-state index contributed by atoms with van der Waals surface area (Å²) < 4.78 is 4.48. The molecule has 0 aliphatic rings. The molecular formula is C20H26N10O4. The van der Waals surface area contributed by atoms with Crippen LogP contribution in [0.4, 0.5) is 17.2 Å². The number of oxime groups is 1. The highest BCUT2D eigenvalue weighted by atomic mass is 16.4. The van der Waals surface area contributed by atoms with E-state index in [0.717, 1.165) is 0 Å². The van der Waals surface area contributed by atoms with Gasteiger partial charge in [0.2, 0.25) is 0 Å². The number of hydrogen-bond donors (Lipinski definition) is 6. The van der Waals surface area contributed by atoms with Crippen LogP contribution in [0.3, 0.4) is 0 Å². The van der Waals surface area contributed by atoms with E-state index in [-0.39, 0.29) is 41.9 Å². The summed E-state index contributed by atoms with van der Waals surface area (Å²) in [5.74, 6) is -1.01. The first-order chi connectivity index (χ1) is 16.1. The highest BCUT2D eigenvalue weighted by molar-refractivity contribution is 6.07. The van der Waals surface area contributed by atoms with E-state index in [0.29, 0.717) is 17.1 Å². The molecule has 0 spiro atoms. The molecule has 0 fully saturated rings. The average molecular weight is 470 g/mol. The van der Waals surface area contributed by atoms with Crippen LogP contribution in [0.15, 0.2) is 35.7 Å². The van der Waals surface area contributed by atoms with Gasteiger partial charge in [-0.15, -0.1) is 0 Å². The van der Waals surface area contributed by atoms with Crippen molar-refractivity contribution < 1.29 is 19.6 Å². The minimum absolute atomic E-state index is 0.00251. The van der Waals surface area contributed by atoms with E-state index >= 15 is 0 Å². The first-order valence-electron chi connectivity index (χ1n) is 10.1. The topological polar surface area (TPSA) is 200 Å². The second kappa shape index (κ2) is 9.81. The molecular weight excluding hydrogens is 444 g/mol. The van der Waals surface area contributed by atoms with Gasteiger partial charge in [0.1, 0.15) is 28.7 Å². The zero-order valence-corrected chi connectivity index (χ0v) is 18.9. The molecule has 14 heteroatoms. The van der Waals surface area contributed by atoms with Crippen LogP contribution in [0.5, 0.6) is 0 Å². The van der Waals surface area contributed by atoms with Gasteiger partial charge >= 0.3 is 0 Å². The summed E-state index contributed by atoms with van der Waals surface area (Å²) in [4.78, 5) is 37.6. The van der Waals surface area contributed by atoms with E-state index in [1.165, 1.54) is 22.9 Å². The van der Waals surface area contributed by atoms with Crippen LogP contribution >= 0.6 is 0 Å². The number of aromatic nitrogens is 4. The monoisotopic (exact) mass is 470 g/mol. The molecule has 0 atom stereocenters. The molecule has 3 rings (SSSR count). The van der Waals surface area contributed by atoms with Gasteiger partial charge in [-0.3, -0.25) is 19.1 Å². The zero-order valence-electron chi connectivity index (χ0n) is 18.9. The number of aryl methyl sites for hydroxylation is 3. The fourth-order valence-corrected chi connectivity index (χ4v) is 3.25. The lowest BCUT2D eigenvalue weighted by Crippen LogP contribution is -2.29. The molecule has 0 aliphatic carbocycles. The molecule has 180 valence electrons. The number of amides is 3. The molecule has 3 heterocycles. The Morgan fingerprint density at radius 1 is 0.941 bits per heavy atom. The number of amidine groups is 1. The average Bonchev–Trinajstić information content (AvgIpc) is 3.43. The van der Waals surface area contributed by atoms with Crippen molar-refractivity contribution in [3.05, 3.63) is 47.7 Å². The molecule has 3 aromatic heterocycles. The van der Waals surface area contributed by atoms with E-state index in [2.05, 4.69) is 26.2 Å². The highest BCUT2D eigenvalue weighted by Gasteiger charge is 2.18. The highest BCUT2D eigenvalue weighted by Crippen LogP contribution is 2.18. The Bertz CT molecular complexity index is 1270. The maximum Gasteiger partial charge on any atom is 0.274 e. The second-order valence-corrected chi connectivity index (χ2v) is 7.53. The van der Waals surface area contributed by atoms with Gasteiger partial charge in [0.25, 0.3) is 17.7 Å². The predicted octanol–water partition coefficient (Wildman–Crippen LogP) is 0.0502. The van der Waals surface area contributed by atoms with Crippen LogP contribution in [0.25, 0.3) is 0 Å². The predicted molar refractivity (Wildman–Crippen MR) is 125 cm³/mol. The van der Waals surface area contributed by atoms with E-state index in [9.17, 15) is 14.4 Å². The molecule has 0 aliphatic heterocycles. The Balaban J connectivity index is 1.65. The van der Waals surface area contributed by atoms with Gasteiger partial charge in [-0.05, 0) is 12.1 Å². The number of anilines is 3. The van der Waals surface area contributed by atoms with Crippen molar-refractivity contribution in [3.63, 3.8) is 0 Å². The van der Waals surface area contributed by atoms with Crippen molar-refractivity contribution >= 4 is 40.7 Å². The molecule has 0 saturated carbocycles. The lowest BCUT2D eigenvalue weighted by molar-refractivity contribution is 0.0944. The van der Waals surface area contributed by atoms with Crippen molar-refractivity contribution in [1.29, 1.82) is 0 Å². The fourth-order valence-electron chi connectivity index (χ4n) is 3.25. The van der Waals surface area contributed by atoms with Crippen LogP contribution < -0.4 is 27.4 Å². The fraction of sp³-hybridized carbons (Fsp3) is 0.250. The van der Waals surface area contributed by atoms with Gasteiger partial charge < -0.3 is 41.8 Å². The van der Waals surface area contributed by atoms with Gasteiger partial charge in [0.05, 0.1) is 11.4 Å². The Morgan fingerprint density at radius 3 is 1.97 bits per heavy atom. The van der Waals surface area contributed by atoms with Gasteiger partial charge in [0.15, 0.2) is 0 Å². The smallest absolute Gasteiger partial charge is 0.274 e. The zero-order chi connectivity index (χ0) is 25.0. The Hall–Kier alpha value is -4.75. The lowest BCUT2D eigenvalue weighted by atomic mass is 10.3. The number of rotatable bonds is 8. The number of carbonyl (C=O) groups excluding carboxylic acids is 3. The van der Waals surface area contributed by atoms with Gasteiger partial charge in [-0.1, -0.05) is 5.16 Å². The van der Waals surface area contributed by atoms with Crippen molar-refractivity contribution in [2.45, 2.75) is 6.42 Å². The molecule has 0 saturated heterocycles. The first kappa shape index (κ1) is 23.9. The molecule has 14 nitrogen and oxygen atoms in total. The number of nitrogens with zero attached hydrogens (tertiary/aromatic N) is 5. The van der Waals surface area contributed by atoms with Gasteiger partial charge in [-0.2, -0.15) is 5.10 Å². The van der Waals surface area contributed by atoms with Crippen LogP contribution in [0, 0.1) is 0 Å². The summed E-state index contributed by atoms with van der Waals surface area (Å²) in [6, 6.07) is 4.50. The number of carbonyl (C=O) groups is 3. The van der Waals surface area contributed by atoms with Crippen molar-refractivity contribution in [2.24, 2.45) is 32.0 Å². The molecule has 8 N–H and O–H groups in total. The normalized spacial score (nSPS) is 11.3. The third kappa shape index (κ3) is 5.35. The quantitative estimate of drug-likeness (QED) is 0.116. The standard InChI is InChI=1S/C20H26N10O4/c1-28-9-11(6-13(28)18(31)23-5-4-16(21)27-34)24-19(32)14-7-12(10-29(14)2)25-20(33)15-8-17(22)26-30(15)3/h6-10,34H,4-5H2,1-3H3,(H2,21,27)(H2,22,26)(H,23,31)(H,24,32)(H,25,33). The summed E-state index contributed by atoms with van der Waals surface area (Å²) in [6.45, 7) is 0.185. The third-order valence-electron chi connectivity index (χ3n) is 4.92. The van der Waals surface area contributed by atoms with Crippen molar-refractivity contribution in [1.82, 2.24) is 24.2 Å². The van der Waals surface area contributed by atoms with Crippen LogP contribution in [-0.4, -0.2) is 54.2 Å². The van der Waals surface area contributed by atoms with E-state index in [1.54, 1.807) is 42.7 Å². The van der Waals surface area contributed by atoms with Crippen molar-refractivity contribution in [2.75, 3.05) is 22.9 Å². The van der Waals surface area contributed by atoms with Gasteiger partial charge in [-0.25, -0.2) is 0 Å². The molecule has 3 amide bonds. The maximum atomic E-state index is 12.8. The summed E-state index contributed by atoms with van der Waals surface area (Å²) in [6.07, 6.45) is 3.38. The number of nitrogens with one attached hydrogen (secondary N) is 3. The minimum Gasteiger partial charge on any atom is -0.409 e. The van der Waals surface area contributed by atoms with Crippen LogP contribution in [-0.2, 0) is 21.1 Å². The van der Waals surface area contributed by atoms with E-state index in [4.69, 9.17) is 16.7 Å². The maximum absolute atomic E-state index is 12.8. The molecule has 0 radical (unpaired) electrons. The van der Waals surface area contributed by atoms with Crippen LogP contribution in [0.2, 0.25) is 0 Å².